The number of hydrogen-bond acceptors (Lipinski definition) is 8. The molecule has 0 bridgehead atoms. The molecule has 3 N–H and O–H groups in total. The van der Waals surface area contributed by atoms with E-state index in [0.717, 1.165) is 25.7 Å². The molecular formula is C16H21N5O4. The van der Waals surface area contributed by atoms with Crippen LogP contribution in [0.4, 0.5) is 5.82 Å². The number of imidazole rings is 1. The highest BCUT2D eigenvalue weighted by atomic mass is 16.8. The van der Waals surface area contributed by atoms with Gasteiger partial charge in [-0.15, -0.1) is 0 Å². The third-order valence-corrected chi connectivity index (χ3v) is 5.63. The van der Waals surface area contributed by atoms with Gasteiger partial charge in [-0.05, 0) is 19.8 Å². The minimum atomic E-state index is -0.745. The van der Waals surface area contributed by atoms with Gasteiger partial charge >= 0.3 is 0 Å². The van der Waals surface area contributed by atoms with Crippen molar-refractivity contribution in [2.24, 2.45) is 0 Å². The Hall–Kier alpha value is -1.81. The number of nitrogen functional groups attached to an aromatic ring is 1. The number of hydrogen-bond donors (Lipinski definition) is 2. The molecule has 9 nitrogen and oxygen atoms in total. The molecular weight excluding hydrogens is 326 g/mol. The molecule has 4 atom stereocenters. The van der Waals surface area contributed by atoms with Gasteiger partial charge in [0, 0.05) is 12.8 Å². The van der Waals surface area contributed by atoms with E-state index in [0.29, 0.717) is 17.0 Å². The van der Waals surface area contributed by atoms with E-state index in [1.807, 2.05) is 6.92 Å². The molecule has 0 amide bonds. The van der Waals surface area contributed by atoms with E-state index in [-0.39, 0.29) is 12.7 Å². The Morgan fingerprint density at radius 3 is 2.88 bits per heavy atom. The fourth-order valence-corrected chi connectivity index (χ4v) is 4.50. The first kappa shape index (κ1) is 15.4. The van der Waals surface area contributed by atoms with Crippen molar-refractivity contribution in [1.82, 2.24) is 19.5 Å². The van der Waals surface area contributed by atoms with Crippen molar-refractivity contribution in [3.8, 4) is 0 Å². The second-order valence-electron chi connectivity index (χ2n) is 7.23. The summed E-state index contributed by atoms with van der Waals surface area (Å²) in [6.07, 6.45) is 5.58. The van der Waals surface area contributed by atoms with Gasteiger partial charge in [0.05, 0.1) is 12.9 Å². The number of aromatic nitrogens is 4. The zero-order chi connectivity index (χ0) is 17.2. The molecule has 5 rings (SSSR count). The molecule has 1 saturated carbocycles. The van der Waals surface area contributed by atoms with Crippen LogP contribution in [0.3, 0.4) is 0 Å². The Morgan fingerprint density at radius 2 is 2.12 bits per heavy atom. The normalized spacial score (nSPS) is 36.5. The molecule has 9 heteroatoms. The van der Waals surface area contributed by atoms with Crippen LogP contribution in [-0.2, 0) is 14.2 Å². The number of rotatable bonds is 2. The van der Waals surface area contributed by atoms with Crippen LogP contribution in [0.1, 0.15) is 38.8 Å². The van der Waals surface area contributed by atoms with Crippen LogP contribution in [0, 0.1) is 0 Å². The zero-order valence-corrected chi connectivity index (χ0v) is 14.0. The predicted octanol–water partition coefficient (Wildman–Crippen LogP) is 0.743. The van der Waals surface area contributed by atoms with Crippen molar-refractivity contribution in [1.29, 1.82) is 0 Å². The van der Waals surface area contributed by atoms with E-state index >= 15 is 0 Å². The summed E-state index contributed by atoms with van der Waals surface area (Å²) in [5.41, 5.74) is 6.24. The van der Waals surface area contributed by atoms with Gasteiger partial charge in [-0.25, -0.2) is 15.0 Å². The highest BCUT2D eigenvalue weighted by molar-refractivity contribution is 5.81. The molecule has 4 heterocycles. The maximum absolute atomic E-state index is 9.80. The topological polar surface area (TPSA) is 118 Å². The molecule has 2 aromatic rings. The predicted molar refractivity (Wildman–Crippen MR) is 86.3 cm³/mol. The third kappa shape index (κ3) is 2.00. The summed E-state index contributed by atoms with van der Waals surface area (Å²) >= 11 is 0. The molecule has 2 aromatic heterocycles. The van der Waals surface area contributed by atoms with Crippen molar-refractivity contribution in [3.63, 3.8) is 0 Å². The van der Waals surface area contributed by atoms with Crippen LogP contribution in [0.5, 0.6) is 0 Å². The van der Waals surface area contributed by atoms with Gasteiger partial charge < -0.3 is 25.1 Å². The van der Waals surface area contributed by atoms with Gasteiger partial charge in [0.15, 0.2) is 23.5 Å². The minimum absolute atomic E-state index is 0.139. The lowest BCUT2D eigenvalue weighted by Gasteiger charge is -2.31. The van der Waals surface area contributed by atoms with E-state index in [1.165, 1.54) is 6.33 Å². The van der Waals surface area contributed by atoms with Gasteiger partial charge in [0.25, 0.3) is 0 Å². The summed E-state index contributed by atoms with van der Waals surface area (Å²) in [5, 5.41) is 9.80. The van der Waals surface area contributed by atoms with Crippen molar-refractivity contribution >= 4 is 17.0 Å². The van der Waals surface area contributed by atoms with Crippen LogP contribution in [0.2, 0.25) is 0 Å². The molecule has 1 aliphatic carbocycles. The summed E-state index contributed by atoms with van der Waals surface area (Å²) in [6.45, 7) is 1.83. The Kier molecular flexibility index (Phi) is 3.15. The number of aliphatic hydroxyl groups is 1. The second kappa shape index (κ2) is 5.10. The molecule has 3 aliphatic rings. The molecule has 1 spiro atoms. The van der Waals surface area contributed by atoms with Crippen molar-refractivity contribution in [2.75, 3.05) is 12.3 Å². The molecule has 134 valence electrons. The number of nitrogens with zero attached hydrogens (tertiary/aromatic N) is 4. The maximum Gasteiger partial charge on any atom is 0.170 e. The molecule has 0 radical (unpaired) electrons. The Balaban J connectivity index is 1.60. The first-order valence-corrected chi connectivity index (χ1v) is 8.64. The van der Waals surface area contributed by atoms with Gasteiger partial charge in [-0.1, -0.05) is 0 Å². The molecule has 2 aliphatic heterocycles. The highest BCUT2D eigenvalue weighted by Gasteiger charge is 2.66. The second-order valence-corrected chi connectivity index (χ2v) is 7.23. The number of aliphatic hydroxyl groups excluding tert-OH is 1. The van der Waals surface area contributed by atoms with Crippen molar-refractivity contribution in [2.45, 2.75) is 62.4 Å². The fraction of sp³-hybridized carbons (Fsp3) is 0.688. The highest BCUT2D eigenvalue weighted by Crippen LogP contribution is 2.55. The van der Waals surface area contributed by atoms with E-state index < -0.39 is 23.7 Å². The standard InChI is InChI=1S/C16H21N5O4/c1-15-11(24-16(25-15)4-2-3-5-16)9(6-22)23-14(15)21-8-20-10-12(17)18-7-19-13(10)21/h7-9,11,14,22H,2-6H2,1H3,(H2,17,18,19)/t9-,11-,14-,15-/m1/s1. The smallest absolute Gasteiger partial charge is 0.170 e. The van der Waals surface area contributed by atoms with Gasteiger partial charge in [-0.2, -0.15) is 0 Å². The minimum Gasteiger partial charge on any atom is -0.394 e. The average molecular weight is 347 g/mol. The number of anilines is 1. The van der Waals surface area contributed by atoms with Crippen LogP contribution in [-0.4, -0.2) is 54.8 Å². The summed E-state index contributed by atoms with van der Waals surface area (Å²) < 4.78 is 20.7. The number of fused-ring (bicyclic) bond motifs is 2. The van der Waals surface area contributed by atoms with E-state index in [9.17, 15) is 5.11 Å². The summed E-state index contributed by atoms with van der Waals surface area (Å²) in [6, 6.07) is 0. The third-order valence-electron chi connectivity index (χ3n) is 5.63. The molecule has 0 aromatic carbocycles. The van der Waals surface area contributed by atoms with Crippen LogP contribution < -0.4 is 5.73 Å². The van der Waals surface area contributed by atoms with Crippen LogP contribution in [0.25, 0.3) is 11.2 Å². The van der Waals surface area contributed by atoms with Crippen molar-refractivity contribution in [3.05, 3.63) is 12.7 Å². The van der Waals surface area contributed by atoms with Crippen LogP contribution >= 0.6 is 0 Å². The zero-order valence-electron chi connectivity index (χ0n) is 14.0. The largest absolute Gasteiger partial charge is 0.394 e. The lowest BCUT2D eigenvalue weighted by Crippen LogP contribution is -2.42. The molecule has 2 saturated heterocycles. The van der Waals surface area contributed by atoms with E-state index in [2.05, 4.69) is 15.0 Å². The van der Waals surface area contributed by atoms with Crippen molar-refractivity contribution < 1.29 is 19.3 Å². The molecule has 0 unspecified atom stereocenters. The van der Waals surface area contributed by atoms with Gasteiger partial charge in [0.2, 0.25) is 0 Å². The lowest BCUT2D eigenvalue weighted by molar-refractivity contribution is -0.231. The lowest BCUT2D eigenvalue weighted by atomic mass is 9.96. The van der Waals surface area contributed by atoms with Gasteiger partial charge in [0.1, 0.15) is 29.7 Å². The fourth-order valence-electron chi connectivity index (χ4n) is 4.50. The Morgan fingerprint density at radius 1 is 1.32 bits per heavy atom. The summed E-state index contributed by atoms with van der Waals surface area (Å²) in [5.74, 6) is -0.253. The van der Waals surface area contributed by atoms with E-state index in [4.69, 9.17) is 19.9 Å². The maximum atomic E-state index is 9.80. The Labute approximate surface area is 144 Å². The monoisotopic (exact) mass is 347 g/mol. The first-order chi connectivity index (χ1) is 12.1. The summed E-state index contributed by atoms with van der Waals surface area (Å²) in [7, 11) is 0. The molecule has 3 fully saturated rings. The Bertz CT molecular complexity index is 820. The first-order valence-electron chi connectivity index (χ1n) is 8.64. The van der Waals surface area contributed by atoms with E-state index in [1.54, 1.807) is 10.9 Å². The number of ether oxygens (including phenoxy) is 3. The SMILES string of the molecule is C[C@@]12OC3(CCCC3)O[C@@H]1[C@@H](CO)O[C@H]2n1cnc2c(N)ncnc21. The quantitative estimate of drug-likeness (QED) is 0.817. The van der Waals surface area contributed by atoms with Gasteiger partial charge in [-0.3, -0.25) is 4.57 Å². The summed E-state index contributed by atoms with van der Waals surface area (Å²) in [4.78, 5) is 12.6. The number of nitrogens with two attached hydrogens (primary N) is 1. The van der Waals surface area contributed by atoms with Crippen LogP contribution in [0.15, 0.2) is 12.7 Å². The molecule has 25 heavy (non-hydrogen) atoms. The average Bonchev–Trinajstić information content (AvgIpc) is 3.32.